The third kappa shape index (κ3) is 5.03. The van der Waals surface area contributed by atoms with Crippen LogP contribution >= 0.6 is 0 Å². The predicted molar refractivity (Wildman–Crippen MR) is 119 cm³/mol. The molecule has 158 valence electrons. The number of likely N-dealkylation sites (tertiary alicyclic amines) is 1. The second-order valence-electron chi connectivity index (χ2n) is 7.48. The fourth-order valence-corrected chi connectivity index (χ4v) is 3.48. The summed E-state index contributed by atoms with van der Waals surface area (Å²) in [5.74, 6) is 0.922. The van der Waals surface area contributed by atoms with Crippen LogP contribution in [0.5, 0.6) is 0 Å². The molecule has 31 heavy (non-hydrogen) atoms. The monoisotopic (exact) mass is 415 g/mol. The van der Waals surface area contributed by atoms with Crippen molar-refractivity contribution < 1.29 is 4.79 Å². The number of carbonyl (C=O) groups excluding carboxylic acids is 1. The molecule has 1 fully saturated rings. The summed E-state index contributed by atoms with van der Waals surface area (Å²) < 4.78 is 1.79. The Morgan fingerprint density at radius 2 is 1.68 bits per heavy atom. The molecule has 0 unspecified atom stereocenters. The molecule has 1 N–H and O–H groups in total. The van der Waals surface area contributed by atoms with Crippen LogP contribution in [0.15, 0.2) is 61.4 Å². The topological polar surface area (TPSA) is 92.6 Å². The maximum absolute atomic E-state index is 10.6. The highest BCUT2D eigenvalue weighted by molar-refractivity contribution is 5.73. The van der Waals surface area contributed by atoms with E-state index in [1.807, 2.05) is 55.1 Å². The molecule has 0 bridgehead atoms. The number of nitrogens with zero attached hydrogens (tertiary/aromatic N) is 6. The van der Waals surface area contributed by atoms with Gasteiger partial charge in [0.05, 0.1) is 12.4 Å². The molecule has 0 spiro atoms. The average molecular weight is 416 g/mol. The van der Waals surface area contributed by atoms with Crippen LogP contribution < -0.4 is 0 Å². The lowest BCUT2D eigenvalue weighted by Crippen LogP contribution is -2.24. The molecule has 5 rings (SSSR count). The highest BCUT2D eigenvalue weighted by Crippen LogP contribution is 2.25. The maximum Gasteiger partial charge on any atom is 0.219 e. The summed E-state index contributed by atoms with van der Waals surface area (Å²) in [7, 11) is 1.91. The van der Waals surface area contributed by atoms with Gasteiger partial charge in [-0.05, 0) is 24.5 Å². The minimum atomic E-state index is 0.225. The van der Waals surface area contributed by atoms with Crippen LogP contribution in [0, 0.1) is 0 Å². The molecule has 0 atom stereocenters. The standard InChI is InChI=1S/C17H14N6.C6H11NO/c1-23-11-16(10-22-23)12-3-2-4-13(5-12)17-18-6-14(7-19-17)15-8-20-21-9-15;1-6(8)7-4-2-3-5-7/h2-11H,1H3,(H,20,21);2-5H2,1H3. The van der Waals surface area contributed by atoms with E-state index in [0.29, 0.717) is 5.82 Å². The maximum atomic E-state index is 10.6. The number of amides is 1. The zero-order valence-corrected chi connectivity index (χ0v) is 17.7. The van der Waals surface area contributed by atoms with Gasteiger partial charge in [-0.2, -0.15) is 10.2 Å². The number of nitrogens with one attached hydrogen (secondary N) is 1. The number of hydrogen-bond acceptors (Lipinski definition) is 5. The van der Waals surface area contributed by atoms with Gasteiger partial charge in [0.25, 0.3) is 0 Å². The number of hydrogen-bond donors (Lipinski definition) is 1. The predicted octanol–water partition coefficient (Wildman–Crippen LogP) is 3.56. The summed E-state index contributed by atoms with van der Waals surface area (Å²) in [4.78, 5) is 21.4. The van der Waals surface area contributed by atoms with Crippen molar-refractivity contribution in [2.75, 3.05) is 13.1 Å². The summed E-state index contributed by atoms with van der Waals surface area (Å²) in [6.07, 6.45) is 13.4. The van der Waals surface area contributed by atoms with E-state index in [1.165, 1.54) is 12.8 Å². The fourth-order valence-electron chi connectivity index (χ4n) is 3.48. The largest absolute Gasteiger partial charge is 0.343 e. The van der Waals surface area contributed by atoms with Crippen molar-refractivity contribution in [1.82, 2.24) is 34.8 Å². The zero-order valence-electron chi connectivity index (χ0n) is 17.7. The second kappa shape index (κ2) is 9.34. The van der Waals surface area contributed by atoms with Crippen LogP contribution in [0.2, 0.25) is 0 Å². The molecule has 0 aliphatic carbocycles. The Bertz CT molecular complexity index is 1130. The summed E-state index contributed by atoms with van der Waals surface area (Å²) in [5.41, 5.74) is 5.05. The van der Waals surface area contributed by atoms with Gasteiger partial charge in [-0.15, -0.1) is 0 Å². The minimum absolute atomic E-state index is 0.225. The van der Waals surface area contributed by atoms with Crippen LogP contribution in [0.1, 0.15) is 19.8 Å². The van der Waals surface area contributed by atoms with Crippen molar-refractivity contribution >= 4 is 5.91 Å². The fraction of sp³-hybridized carbons (Fsp3) is 0.261. The lowest BCUT2D eigenvalue weighted by atomic mass is 10.1. The van der Waals surface area contributed by atoms with Gasteiger partial charge in [0.2, 0.25) is 5.91 Å². The van der Waals surface area contributed by atoms with Crippen molar-refractivity contribution in [3.05, 3.63) is 61.4 Å². The lowest BCUT2D eigenvalue weighted by molar-refractivity contribution is -0.127. The Kier molecular flexibility index (Phi) is 6.16. The molecule has 1 saturated heterocycles. The van der Waals surface area contributed by atoms with Crippen molar-refractivity contribution in [1.29, 1.82) is 0 Å². The van der Waals surface area contributed by atoms with Gasteiger partial charge in [0.15, 0.2) is 5.82 Å². The summed E-state index contributed by atoms with van der Waals surface area (Å²) in [6, 6.07) is 8.14. The van der Waals surface area contributed by atoms with Crippen LogP contribution in [0.25, 0.3) is 33.6 Å². The number of aryl methyl sites for hydroxylation is 1. The van der Waals surface area contributed by atoms with Crippen LogP contribution in [0.3, 0.4) is 0 Å². The molecule has 0 radical (unpaired) electrons. The van der Waals surface area contributed by atoms with Crippen molar-refractivity contribution in [3.8, 4) is 33.6 Å². The van der Waals surface area contributed by atoms with Crippen molar-refractivity contribution in [3.63, 3.8) is 0 Å². The van der Waals surface area contributed by atoms with Crippen LogP contribution in [-0.2, 0) is 11.8 Å². The molecule has 4 heterocycles. The van der Waals surface area contributed by atoms with E-state index >= 15 is 0 Å². The van der Waals surface area contributed by atoms with Gasteiger partial charge in [-0.3, -0.25) is 14.6 Å². The molecular formula is C23H25N7O. The smallest absolute Gasteiger partial charge is 0.219 e. The molecule has 1 aromatic carbocycles. The first-order valence-corrected chi connectivity index (χ1v) is 10.3. The van der Waals surface area contributed by atoms with Gasteiger partial charge < -0.3 is 4.90 Å². The first-order valence-electron chi connectivity index (χ1n) is 10.3. The molecule has 0 saturated carbocycles. The van der Waals surface area contributed by atoms with E-state index in [2.05, 4.69) is 37.4 Å². The molecule has 1 aliphatic rings. The number of rotatable bonds is 3. The first-order chi connectivity index (χ1) is 15.1. The third-order valence-corrected chi connectivity index (χ3v) is 5.19. The lowest BCUT2D eigenvalue weighted by Gasteiger charge is -2.10. The molecule has 1 amide bonds. The summed E-state index contributed by atoms with van der Waals surface area (Å²) >= 11 is 0. The van der Waals surface area contributed by atoms with E-state index in [0.717, 1.165) is 40.9 Å². The Labute approximate surface area is 181 Å². The number of benzene rings is 1. The van der Waals surface area contributed by atoms with Crippen molar-refractivity contribution in [2.45, 2.75) is 19.8 Å². The van der Waals surface area contributed by atoms with Crippen molar-refractivity contribution in [2.24, 2.45) is 7.05 Å². The van der Waals surface area contributed by atoms with E-state index in [1.54, 1.807) is 17.8 Å². The Morgan fingerprint density at radius 3 is 2.26 bits per heavy atom. The van der Waals surface area contributed by atoms with Gasteiger partial charge in [-0.25, -0.2) is 9.97 Å². The van der Waals surface area contributed by atoms with Gasteiger partial charge >= 0.3 is 0 Å². The van der Waals surface area contributed by atoms with Crippen LogP contribution in [-0.4, -0.2) is 53.8 Å². The van der Waals surface area contributed by atoms with Gasteiger partial charge in [0, 0.05) is 74.1 Å². The van der Waals surface area contributed by atoms with Crippen LogP contribution in [0.4, 0.5) is 0 Å². The molecule has 3 aromatic heterocycles. The zero-order chi connectivity index (χ0) is 21.6. The highest BCUT2D eigenvalue weighted by Gasteiger charge is 2.12. The quantitative estimate of drug-likeness (QED) is 0.552. The summed E-state index contributed by atoms with van der Waals surface area (Å²) in [6.45, 7) is 3.59. The molecule has 4 aromatic rings. The number of H-pyrrole nitrogens is 1. The Balaban J connectivity index is 0.000000245. The Morgan fingerprint density at radius 1 is 0.935 bits per heavy atom. The van der Waals surface area contributed by atoms with E-state index < -0.39 is 0 Å². The molecular weight excluding hydrogens is 390 g/mol. The number of carbonyl (C=O) groups is 1. The molecule has 8 heteroatoms. The average Bonchev–Trinajstić information content (AvgIpc) is 3.57. The first kappa shape index (κ1) is 20.5. The SMILES string of the molecule is CC(=O)N1CCCC1.Cn1cc(-c2cccc(-c3ncc(-c4cn[nH]c4)cn3)c2)cn1. The van der Waals surface area contributed by atoms with E-state index in [9.17, 15) is 4.79 Å². The minimum Gasteiger partial charge on any atom is -0.343 e. The Hall–Kier alpha value is -3.81. The van der Waals surface area contributed by atoms with E-state index in [4.69, 9.17) is 0 Å². The number of aromatic nitrogens is 6. The number of aromatic amines is 1. The van der Waals surface area contributed by atoms with Gasteiger partial charge in [0.1, 0.15) is 0 Å². The normalized spacial score (nSPS) is 13.0. The second-order valence-corrected chi connectivity index (χ2v) is 7.48. The molecule has 1 aliphatic heterocycles. The molecule has 8 nitrogen and oxygen atoms in total. The third-order valence-electron chi connectivity index (χ3n) is 5.19. The van der Waals surface area contributed by atoms with E-state index in [-0.39, 0.29) is 5.91 Å². The highest BCUT2D eigenvalue weighted by atomic mass is 16.2. The van der Waals surface area contributed by atoms with Gasteiger partial charge in [-0.1, -0.05) is 18.2 Å². The summed E-state index contributed by atoms with van der Waals surface area (Å²) in [5, 5.41) is 10.9.